The smallest absolute Gasteiger partial charge is 0.0164 e. The Morgan fingerprint density at radius 1 is 1.40 bits per heavy atom. The molecule has 1 nitrogen and oxygen atoms in total. The highest BCUT2D eigenvalue weighted by Gasteiger charge is 2.24. The van der Waals surface area contributed by atoms with Gasteiger partial charge in [-0.25, -0.2) is 0 Å². The molecule has 0 radical (unpaired) electrons. The molecule has 0 aromatic carbocycles. The minimum Gasteiger partial charge on any atom is -0.316 e. The van der Waals surface area contributed by atoms with E-state index in [0.717, 1.165) is 5.92 Å². The summed E-state index contributed by atoms with van der Waals surface area (Å²) in [4.78, 5) is 0. The molecule has 0 fully saturated rings. The topological polar surface area (TPSA) is 12.0 Å². The van der Waals surface area contributed by atoms with Gasteiger partial charge in [0, 0.05) is 6.04 Å². The van der Waals surface area contributed by atoms with Crippen LogP contribution in [0.25, 0.3) is 0 Å². The van der Waals surface area contributed by atoms with Gasteiger partial charge in [-0.05, 0) is 33.2 Å². The molecule has 0 aromatic rings. The molecule has 1 heteroatoms. The van der Waals surface area contributed by atoms with Gasteiger partial charge in [0.1, 0.15) is 0 Å². The van der Waals surface area contributed by atoms with Crippen molar-refractivity contribution in [3.8, 4) is 0 Å². The van der Waals surface area contributed by atoms with Crippen LogP contribution < -0.4 is 5.32 Å². The maximum atomic E-state index is 3.33. The summed E-state index contributed by atoms with van der Waals surface area (Å²) in [5, 5.41) is 3.33. The molecule has 1 aliphatic rings. The lowest BCUT2D eigenvalue weighted by molar-refractivity contribution is 0.478. The number of hydrogen-bond acceptors (Lipinski definition) is 1. The van der Waals surface area contributed by atoms with E-state index in [0.29, 0.717) is 6.04 Å². The standard InChI is InChI=1S/C9H17N/c1-6-5-9(10-4)8(3)7(6)2/h8-10H,5H2,1-4H3. The monoisotopic (exact) mass is 139 g/mol. The minimum absolute atomic E-state index is 0.694. The Labute approximate surface area is 63.5 Å². The summed E-state index contributed by atoms with van der Waals surface area (Å²) < 4.78 is 0. The maximum Gasteiger partial charge on any atom is 0.0164 e. The van der Waals surface area contributed by atoms with Crippen molar-refractivity contribution in [1.82, 2.24) is 5.32 Å². The molecule has 0 bridgehead atoms. The third kappa shape index (κ3) is 1.10. The van der Waals surface area contributed by atoms with Crippen molar-refractivity contribution in [2.24, 2.45) is 5.92 Å². The Hall–Kier alpha value is -0.300. The predicted molar refractivity (Wildman–Crippen MR) is 45.0 cm³/mol. The molecule has 1 rings (SSSR count). The van der Waals surface area contributed by atoms with Crippen molar-refractivity contribution in [2.75, 3.05) is 7.05 Å². The molecule has 0 aliphatic heterocycles. The lowest BCUT2D eigenvalue weighted by Gasteiger charge is -2.15. The van der Waals surface area contributed by atoms with Crippen molar-refractivity contribution < 1.29 is 0 Å². The van der Waals surface area contributed by atoms with Crippen molar-refractivity contribution in [1.29, 1.82) is 0 Å². The largest absolute Gasteiger partial charge is 0.316 e. The Morgan fingerprint density at radius 2 is 2.00 bits per heavy atom. The first-order chi connectivity index (χ1) is 4.66. The summed E-state index contributed by atoms with van der Waals surface area (Å²) in [6, 6.07) is 0.694. The highest BCUT2D eigenvalue weighted by Crippen LogP contribution is 2.30. The van der Waals surface area contributed by atoms with Crippen molar-refractivity contribution in [3.63, 3.8) is 0 Å². The van der Waals surface area contributed by atoms with Gasteiger partial charge >= 0.3 is 0 Å². The number of nitrogens with one attached hydrogen (secondary N) is 1. The molecule has 10 heavy (non-hydrogen) atoms. The molecule has 58 valence electrons. The predicted octanol–water partition coefficient (Wildman–Crippen LogP) is 1.95. The summed E-state index contributed by atoms with van der Waals surface area (Å²) in [5.74, 6) is 0.741. The van der Waals surface area contributed by atoms with E-state index >= 15 is 0 Å². The molecule has 0 saturated carbocycles. The highest BCUT2D eigenvalue weighted by molar-refractivity contribution is 5.22. The van der Waals surface area contributed by atoms with Gasteiger partial charge in [0.05, 0.1) is 0 Å². The van der Waals surface area contributed by atoms with Gasteiger partial charge in [0.15, 0.2) is 0 Å². The Morgan fingerprint density at radius 3 is 2.20 bits per heavy atom. The van der Waals surface area contributed by atoms with E-state index in [2.05, 4.69) is 26.1 Å². The fourth-order valence-corrected chi connectivity index (χ4v) is 1.71. The SMILES string of the molecule is CNC1CC(C)=C(C)C1C. The fourth-order valence-electron chi connectivity index (χ4n) is 1.71. The zero-order chi connectivity index (χ0) is 7.72. The van der Waals surface area contributed by atoms with Crippen molar-refractivity contribution in [2.45, 2.75) is 33.2 Å². The molecule has 1 N–H and O–H groups in total. The minimum atomic E-state index is 0.694. The maximum absolute atomic E-state index is 3.33. The van der Waals surface area contributed by atoms with E-state index < -0.39 is 0 Å². The van der Waals surface area contributed by atoms with Gasteiger partial charge in [0.25, 0.3) is 0 Å². The summed E-state index contributed by atoms with van der Waals surface area (Å²) in [5.41, 5.74) is 3.16. The Bertz CT molecular complexity index is 158. The van der Waals surface area contributed by atoms with Gasteiger partial charge in [-0.2, -0.15) is 0 Å². The zero-order valence-electron chi connectivity index (χ0n) is 7.36. The van der Waals surface area contributed by atoms with Crippen LogP contribution in [-0.2, 0) is 0 Å². The van der Waals surface area contributed by atoms with Gasteiger partial charge in [-0.1, -0.05) is 18.1 Å². The number of rotatable bonds is 1. The molecule has 0 heterocycles. The van der Waals surface area contributed by atoms with E-state index in [1.54, 1.807) is 11.1 Å². The average Bonchev–Trinajstić information content (AvgIpc) is 2.17. The zero-order valence-corrected chi connectivity index (χ0v) is 7.36. The van der Waals surface area contributed by atoms with Crippen LogP contribution in [0.5, 0.6) is 0 Å². The third-order valence-electron chi connectivity index (χ3n) is 2.86. The highest BCUT2D eigenvalue weighted by atomic mass is 14.9. The molecule has 0 spiro atoms. The van der Waals surface area contributed by atoms with E-state index in [4.69, 9.17) is 0 Å². The van der Waals surface area contributed by atoms with Crippen LogP contribution in [0.2, 0.25) is 0 Å². The summed E-state index contributed by atoms with van der Waals surface area (Å²) >= 11 is 0. The molecule has 0 amide bonds. The van der Waals surface area contributed by atoms with Crippen LogP contribution in [0.15, 0.2) is 11.1 Å². The van der Waals surface area contributed by atoms with Gasteiger partial charge < -0.3 is 5.32 Å². The normalized spacial score (nSPS) is 33.6. The van der Waals surface area contributed by atoms with E-state index in [-0.39, 0.29) is 0 Å². The van der Waals surface area contributed by atoms with E-state index in [1.165, 1.54) is 6.42 Å². The molecular weight excluding hydrogens is 122 g/mol. The first-order valence-corrected chi connectivity index (χ1v) is 4.00. The quantitative estimate of drug-likeness (QED) is 0.547. The third-order valence-corrected chi connectivity index (χ3v) is 2.86. The fraction of sp³-hybridized carbons (Fsp3) is 0.778. The lowest BCUT2D eigenvalue weighted by atomic mass is 10.0. The Kier molecular flexibility index (Phi) is 2.14. The Balaban J connectivity index is 2.67. The summed E-state index contributed by atoms with van der Waals surface area (Å²) in [7, 11) is 2.05. The van der Waals surface area contributed by atoms with Gasteiger partial charge in [-0.15, -0.1) is 0 Å². The van der Waals surface area contributed by atoms with Crippen molar-refractivity contribution >= 4 is 0 Å². The molecule has 2 unspecified atom stereocenters. The van der Waals surface area contributed by atoms with Crippen LogP contribution in [-0.4, -0.2) is 13.1 Å². The number of hydrogen-bond donors (Lipinski definition) is 1. The van der Waals surface area contributed by atoms with Gasteiger partial charge in [-0.3, -0.25) is 0 Å². The van der Waals surface area contributed by atoms with E-state index in [9.17, 15) is 0 Å². The van der Waals surface area contributed by atoms with Crippen LogP contribution in [0.4, 0.5) is 0 Å². The second kappa shape index (κ2) is 2.75. The van der Waals surface area contributed by atoms with Crippen molar-refractivity contribution in [3.05, 3.63) is 11.1 Å². The van der Waals surface area contributed by atoms with Crippen LogP contribution >= 0.6 is 0 Å². The van der Waals surface area contributed by atoms with Crippen LogP contribution in [0, 0.1) is 5.92 Å². The van der Waals surface area contributed by atoms with Gasteiger partial charge in [0.2, 0.25) is 0 Å². The second-order valence-electron chi connectivity index (χ2n) is 3.35. The average molecular weight is 139 g/mol. The first-order valence-electron chi connectivity index (χ1n) is 4.00. The van der Waals surface area contributed by atoms with Crippen LogP contribution in [0.1, 0.15) is 27.2 Å². The first kappa shape index (κ1) is 7.80. The molecule has 0 aromatic heterocycles. The molecule has 2 atom stereocenters. The molecular formula is C9H17N. The van der Waals surface area contributed by atoms with E-state index in [1.807, 2.05) is 7.05 Å². The summed E-state index contributed by atoms with van der Waals surface area (Å²) in [6.07, 6.45) is 1.24. The lowest BCUT2D eigenvalue weighted by Crippen LogP contribution is -2.28. The second-order valence-corrected chi connectivity index (χ2v) is 3.35. The molecule has 1 aliphatic carbocycles. The van der Waals surface area contributed by atoms with Crippen LogP contribution in [0.3, 0.4) is 0 Å². The molecule has 0 saturated heterocycles. The summed E-state index contributed by atoms with van der Waals surface area (Å²) in [6.45, 7) is 6.79.